The molecule has 150 valence electrons. The molecule has 2 saturated heterocycles. The van der Waals surface area contributed by atoms with Gasteiger partial charge < -0.3 is 24.4 Å². The lowest BCUT2D eigenvalue weighted by Gasteiger charge is -2.33. The van der Waals surface area contributed by atoms with E-state index >= 15 is 0 Å². The van der Waals surface area contributed by atoms with Gasteiger partial charge in [-0.2, -0.15) is 8.42 Å². The third kappa shape index (κ3) is 3.81. The van der Waals surface area contributed by atoms with Crippen molar-refractivity contribution >= 4 is 10.1 Å². The molecule has 2 N–H and O–H groups in total. The van der Waals surface area contributed by atoms with Crippen molar-refractivity contribution in [1.82, 2.24) is 0 Å². The molecule has 2 fully saturated rings. The Labute approximate surface area is 158 Å². The number of aryl methyl sites for hydroxylation is 1. The number of hydrogen-bond donors (Lipinski definition) is 2. The minimum atomic E-state index is -4.07. The first-order valence-electron chi connectivity index (χ1n) is 8.50. The Balaban J connectivity index is 1.70. The van der Waals surface area contributed by atoms with Crippen molar-refractivity contribution < 1.29 is 37.0 Å². The van der Waals surface area contributed by atoms with Crippen LogP contribution in [-0.4, -0.2) is 61.2 Å². The van der Waals surface area contributed by atoms with Crippen LogP contribution in [0.1, 0.15) is 19.4 Å². The van der Waals surface area contributed by atoms with Gasteiger partial charge in [0.1, 0.15) is 23.9 Å². The summed E-state index contributed by atoms with van der Waals surface area (Å²) in [6.07, 6.45) is -3.32. The minimum absolute atomic E-state index is 0.0306. The van der Waals surface area contributed by atoms with Crippen molar-refractivity contribution in [2.45, 2.75) is 61.7 Å². The van der Waals surface area contributed by atoms with Crippen LogP contribution >= 0.6 is 0 Å². The smallest absolute Gasteiger partial charge is 0.297 e. The molecule has 9 heteroatoms. The maximum Gasteiger partial charge on any atom is 0.297 e. The first-order chi connectivity index (χ1) is 12.5. The molecule has 0 amide bonds. The lowest BCUT2D eigenvalue weighted by Crippen LogP contribution is -2.52. The summed E-state index contributed by atoms with van der Waals surface area (Å²) in [6.45, 7) is 8.14. The average molecular weight is 400 g/mol. The van der Waals surface area contributed by atoms with Crippen LogP contribution in [0.5, 0.6) is 0 Å². The van der Waals surface area contributed by atoms with Crippen molar-refractivity contribution in [3.05, 3.63) is 42.5 Å². The highest BCUT2D eigenvalue weighted by Gasteiger charge is 2.63. The molecule has 0 unspecified atom stereocenters. The molecule has 2 aliphatic rings. The van der Waals surface area contributed by atoms with E-state index in [0.717, 1.165) is 5.56 Å². The second kappa shape index (κ2) is 6.93. The Morgan fingerprint density at radius 1 is 1.30 bits per heavy atom. The number of benzene rings is 1. The third-order valence-corrected chi connectivity index (χ3v) is 5.93. The van der Waals surface area contributed by atoms with Crippen LogP contribution in [0.2, 0.25) is 0 Å². The highest BCUT2D eigenvalue weighted by molar-refractivity contribution is 7.86. The molecular weight excluding hydrogens is 376 g/mol. The molecule has 5 atom stereocenters. The van der Waals surface area contributed by atoms with E-state index < -0.39 is 52.7 Å². The summed E-state index contributed by atoms with van der Waals surface area (Å²) in [7, 11) is -4.07. The topological polar surface area (TPSA) is 112 Å². The Bertz CT molecular complexity index is 803. The Morgan fingerprint density at radius 2 is 1.93 bits per heavy atom. The van der Waals surface area contributed by atoms with Gasteiger partial charge >= 0.3 is 0 Å². The van der Waals surface area contributed by atoms with E-state index in [2.05, 4.69) is 6.58 Å². The summed E-state index contributed by atoms with van der Waals surface area (Å²) in [4.78, 5) is -0.0306. The van der Waals surface area contributed by atoms with E-state index in [4.69, 9.17) is 18.4 Å². The molecule has 1 aromatic rings. The minimum Gasteiger partial charge on any atom is -0.388 e. The predicted octanol–water partition coefficient (Wildman–Crippen LogP) is 0.855. The predicted molar refractivity (Wildman–Crippen MR) is 94.2 cm³/mol. The number of ether oxygens (including phenoxy) is 3. The fourth-order valence-electron chi connectivity index (χ4n) is 3.21. The monoisotopic (exact) mass is 400 g/mol. The maximum atomic E-state index is 12.3. The summed E-state index contributed by atoms with van der Waals surface area (Å²) < 4.78 is 46.3. The molecule has 0 radical (unpaired) electrons. The maximum absolute atomic E-state index is 12.3. The lowest BCUT2D eigenvalue weighted by molar-refractivity contribution is -0.236. The molecule has 0 bridgehead atoms. The van der Waals surface area contributed by atoms with Crippen LogP contribution in [0.3, 0.4) is 0 Å². The van der Waals surface area contributed by atoms with E-state index in [1.807, 2.05) is 6.92 Å². The van der Waals surface area contributed by atoms with Gasteiger partial charge in [-0.1, -0.05) is 23.8 Å². The van der Waals surface area contributed by atoms with Crippen LogP contribution < -0.4 is 0 Å². The molecule has 8 nitrogen and oxygen atoms in total. The second-order valence-corrected chi connectivity index (χ2v) is 8.81. The first kappa shape index (κ1) is 20.4. The molecule has 2 heterocycles. The van der Waals surface area contributed by atoms with Crippen molar-refractivity contribution in [2.75, 3.05) is 6.61 Å². The zero-order valence-electron chi connectivity index (χ0n) is 15.4. The largest absolute Gasteiger partial charge is 0.388 e. The van der Waals surface area contributed by atoms with E-state index in [9.17, 15) is 18.6 Å². The van der Waals surface area contributed by atoms with Gasteiger partial charge in [-0.15, -0.1) is 6.58 Å². The molecule has 27 heavy (non-hydrogen) atoms. The number of hydrogen-bond acceptors (Lipinski definition) is 8. The van der Waals surface area contributed by atoms with Crippen LogP contribution in [0.4, 0.5) is 0 Å². The summed E-state index contributed by atoms with van der Waals surface area (Å²) >= 11 is 0. The average Bonchev–Trinajstić information content (AvgIpc) is 3.05. The molecule has 0 aromatic heterocycles. The van der Waals surface area contributed by atoms with E-state index in [1.165, 1.54) is 18.2 Å². The van der Waals surface area contributed by atoms with Crippen molar-refractivity contribution in [2.24, 2.45) is 0 Å². The summed E-state index contributed by atoms with van der Waals surface area (Å²) in [5.74, 6) is -0.965. The number of rotatable bonds is 6. The van der Waals surface area contributed by atoms with Crippen molar-refractivity contribution in [1.29, 1.82) is 0 Å². The molecule has 3 rings (SSSR count). The number of aliphatic hydroxyl groups is 2. The van der Waals surface area contributed by atoms with Gasteiger partial charge in [-0.05, 0) is 32.9 Å². The third-order valence-electron chi connectivity index (χ3n) is 4.63. The van der Waals surface area contributed by atoms with Gasteiger partial charge in [0, 0.05) is 0 Å². The van der Waals surface area contributed by atoms with Crippen molar-refractivity contribution in [3.63, 3.8) is 0 Å². The Kier molecular flexibility index (Phi) is 5.23. The van der Waals surface area contributed by atoms with Gasteiger partial charge in [0.15, 0.2) is 12.1 Å². The SMILES string of the molecule is C=C[C@@]1(O)[C@@H]([C@H](O)COS(=O)(=O)c2ccc(C)cc2)O[C@@H]2OC(C)(C)O[C@@H]21. The molecule has 1 aromatic carbocycles. The van der Waals surface area contributed by atoms with Gasteiger partial charge in [0.2, 0.25) is 0 Å². The van der Waals surface area contributed by atoms with Crippen molar-refractivity contribution in [3.8, 4) is 0 Å². The molecule has 2 aliphatic heterocycles. The quantitative estimate of drug-likeness (QED) is 0.534. The highest BCUT2D eigenvalue weighted by atomic mass is 32.2. The lowest BCUT2D eigenvalue weighted by atomic mass is 9.89. The Morgan fingerprint density at radius 3 is 2.52 bits per heavy atom. The van der Waals surface area contributed by atoms with Crippen LogP contribution in [0.15, 0.2) is 41.8 Å². The summed E-state index contributed by atoms with van der Waals surface area (Å²) in [6, 6.07) is 6.11. The normalized spacial score (nSPS) is 33.6. The fraction of sp³-hybridized carbons (Fsp3) is 0.556. The zero-order valence-corrected chi connectivity index (χ0v) is 16.2. The fourth-order valence-corrected chi connectivity index (χ4v) is 4.13. The van der Waals surface area contributed by atoms with Gasteiger partial charge in [-0.3, -0.25) is 4.18 Å². The van der Waals surface area contributed by atoms with Crippen LogP contribution in [0, 0.1) is 6.92 Å². The van der Waals surface area contributed by atoms with E-state index in [1.54, 1.807) is 26.0 Å². The summed E-state index contributed by atoms with van der Waals surface area (Å²) in [5, 5.41) is 21.3. The van der Waals surface area contributed by atoms with Gasteiger partial charge in [0.25, 0.3) is 10.1 Å². The van der Waals surface area contributed by atoms with Crippen LogP contribution in [-0.2, 0) is 28.5 Å². The Hall–Kier alpha value is -1.33. The zero-order chi connectivity index (χ0) is 20.0. The van der Waals surface area contributed by atoms with Gasteiger partial charge in [0.05, 0.1) is 11.5 Å². The molecule has 0 aliphatic carbocycles. The highest BCUT2D eigenvalue weighted by Crippen LogP contribution is 2.44. The molecular formula is C18H24O8S. The standard InChI is InChI=1S/C18H24O8S/c1-5-18(20)14(24-16-15(18)25-17(3,4)26-16)13(19)10-23-27(21,22)12-8-6-11(2)7-9-12/h5-9,13-16,19-20H,1,10H2,2-4H3/t13-,14-,15+,16-,18-/m1/s1. The molecule has 0 spiro atoms. The number of aliphatic hydroxyl groups excluding tert-OH is 1. The van der Waals surface area contributed by atoms with E-state index in [-0.39, 0.29) is 4.90 Å². The van der Waals surface area contributed by atoms with Gasteiger partial charge in [-0.25, -0.2) is 0 Å². The second-order valence-electron chi connectivity index (χ2n) is 7.19. The molecule has 0 saturated carbocycles. The number of fused-ring (bicyclic) bond motifs is 1. The van der Waals surface area contributed by atoms with E-state index in [0.29, 0.717) is 0 Å². The van der Waals surface area contributed by atoms with Crippen LogP contribution in [0.25, 0.3) is 0 Å². The summed E-state index contributed by atoms with van der Waals surface area (Å²) in [5.41, 5.74) is -0.867. The first-order valence-corrected chi connectivity index (χ1v) is 9.90.